The topological polar surface area (TPSA) is 76.5 Å². The summed E-state index contributed by atoms with van der Waals surface area (Å²) >= 11 is 0. The van der Waals surface area contributed by atoms with E-state index in [2.05, 4.69) is 10.4 Å². The van der Waals surface area contributed by atoms with E-state index >= 15 is 0 Å². The summed E-state index contributed by atoms with van der Waals surface area (Å²) in [6.45, 7) is 1.08. The highest BCUT2D eigenvalue weighted by atomic mass is 19.1. The fourth-order valence-electron chi connectivity index (χ4n) is 4.00. The average Bonchev–Trinajstić information content (AvgIpc) is 2.99. The molecule has 0 spiro atoms. The maximum Gasteiger partial charge on any atom is 0.267 e. The Labute approximate surface area is 202 Å². The zero-order chi connectivity index (χ0) is 24.9. The van der Waals surface area contributed by atoms with Crippen LogP contribution in [0.25, 0.3) is 11.3 Å². The second-order valence-electron chi connectivity index (χ2n) is 8.88. The van der Waals surface area contributed by atoms with E-state index in [-0.39, 0.29) is 35.9 Å². The lowest BCUT2D eigenvalue weighted by Gasteiger charge is -2.13. The number of halogens is 2. The van der Waals surface area contributed by atoms with Crippen molar-refractivity contribution in [1.29, 1.82) is 0 Å². The van der Waals surface area contributed by atoms with Crippen molar-refractivity contribution in [3.63, 3.8) is 0 Å². The van der Waals surface area contributed by atoms with E-state index < -0.39 is 17.4 Å². The van der Waals surface area contributed by atoms with Crippen LogP contribution in [0.3, 0.4) is 0 Å². The van der Waals surface area contributed by atoms with Crippen molar-refractivity contribution < 1.29 is 18.3 Å². The lowest BCUT2D eigenvalue weighted by atomic mass is 10.1. The number of carbonyl (C=O) groups excluding carboxylic acids is 1. The monoisotopic (exact) mass is 482 g/mol. The third-order valence-corrected chi connectivity index (χ3v) is 5.79. The Balaban J connectivity index is 1.55. The molecule has 3 aromatic rings. The van der Waals surface area contributed by atoms with Gasteiger partial charge in [-0.05, 0) is 68.8 Å². The zero-order valence-electron chi connectivity index (χ0n) is 19.8. The lowest BCUT2D eigenvalue weighted by Crippen LogP contribution is -2.23. The van der Waals surface area contributed by atoms with Crippen molar-refractivity contribution >= 4 is 11.6 Å². The van der Waals surface area contributed by atoms with Gasteiger partial charge in [0.25, 0.3) is 5.56 Å². The number of aromatic nitrogens is 2. The van der Waals surface area contributed by atoms with Crippen molar-refractivity contribution in [3.05, 3.63) is 75.6 Å². The number of carbonyl (C=O) groups is 1. The van der Waals surface area contributed by atoms with Gasteiger partial charge in [0.15, 0.2) is 17.4 Å². The first kappa shape index (κ1) is 24.5. The number of fused-ring (bicyclic) bond motifs is 1. The molecule has 0 aliphatic carbocycles. The van der Waals surface area contributed by atoms with E-state index in [1.54, 1.807) is 0 Å². The van der Waals surface area contributed by atoms with Crippen LogP contribution in [0.1, 0.15) is 30.4 Å². The maximum atomic E-state index is 14.6. The third kappa shape index (κ3) is 6.10. The van der Waals surface area contributed by atoms with Gasteiger partial charge in [-0.3, -0.25) is 9.59 Å². The van der Waals surface area contributed by atoms with Gasteiger partial charge in [0, 0.05) is 30.3 Å². The van der Waals surface area contributed by atoms with Crippen molar-refractivity contribution in [2.45, 2.75) is 32.2 Å². The number of nitrogens with one attached hydrogen (secondary N) is 1. The fraction of sp³-hybridized carbons (Fsp3) is 0.346. The Morgan fingerprint density at radius 3 is 2.57 bits per heavy atom. The summed E-state index contributed by atoms with van der Waals surface area (Å²) in [4.78, 5) is 26.3. The molecule has 9 heteroatoms. The predicted octanol–water partition coefficient (Wildman–Crippen LogP) is 3.84. The van der Waals surface area contributed by atoms with Crippen LogP contribution in [0.2, 0.25) is 0 Å². The third-order valence-electron chi connectivity index (χ3n) is 5.79. The second-order valence-corrected chi connectivity index (χ2v) is 8.88. The van der Waals surface area contributed by atoms with Gasteiger partial charge in [-0.15, -0.1) is 0 Å². The van der Waals surface area contributed by atoms with Gasteiger partial charge >= 0.3 is 0 Å². The predicted molar refractivity (Wildman–Crippen MR) is 130 cm³/mol. The van der Waals surface area contributed by atoms with Gasteiger partial charge in [-0.2, -0.15) is 5.10 Å². The summed E-state index contributed by atoms with van der Waals surface area (Å²) in [7, 11) is 3.82. The fourth-order valence-corrected chi connectivity index (χ4v) is 4.00. The molecule has 0 saturated carbocycles. The number of hydrogen-bond donors (Lipinski definition) is 1. The van der Waals surface area contributed by atoms with Gasteiger partial charge in [0.2, 0.25) is 5.91 Å². The molecule has 35 heavy (non-hydrogen) atoms. The number of anilines is 1. The van der Waals surface area contributed by atoms with Gasteiger partial charge in [-0.25, -0.2) is 13.5 Å². The van der Waals surface area contributed by atoms with E-state index in [4.69, 9.17) is 4.74 Å². The number of hydrogen-bond acceptors (Lipinski definition) is 5. The molecule has 0 saturated heterocycles. The van der Waals surface area contributed by atoms with Crippen molar-refractivity contribution in [2.24, 2.45) is 0 Å². The number of nitrogens with zero attached hydrogens (tertiary/aromatic N) is 3. The zero-order valence-corrected chi connectivity index (χ0v) is 19.8. The molecule has 1 aliphatic rings. The van der Waals surface area contributed by atoms with Gasteiger partial charge in [0.1, 0.15) is 0 Å². The summed E-state index contributed by atoms with van der Waals surface area (Å²) < 4.78 is 35.8. The van der Waals surface area contributed by atoms with E-state index in [1.807, 2.05) is 37.2 Å². The normalized spacial score (nSPS) is 13.3. The Morgan fingerprint density at radius 1 is 1.06 bits per heavy atom. The summed E-state index contributed by atoms with van der Waals surface area (Å²) in [5, 5.41) is 7.22. The molecule has 7 nitrogen and oxygen atoms in total. The van der Waals surface area contributed by atoms with E-state index in [1.165, 1.54) is 16.8 Å². The van der Waals surface area contributed by atoms with E-state index in [0.29, 0.717) is 12.8 Å². The first-order valence-corrected chi connectivity index (χ1v) is 11.6. The minimum atomic E-state index is -0.828. The molecule has 0 radical (unpaired) electrons. The molecule has 2 heterocycles. The number of rotatable bonds is 8. The molecule has 1 amide bonds. The second kappa shape index (κ2) is 10.8. The molecule has 0 atom stereocenters. The number of benzene rings is 2. The van der Waals surface area contributed by atoms with Crippen molar-refractivity contribution in [1.82, 2.24) is 14.7 Å². The Kier molecular flexibility index (Phi) is 7.55. The molecule has 1 N–H and O–H groups in total. The summed E-state index contributed by atoms with van der Waals surface area (Å²) in [5.41, 5.74) is 2.66. The molecule has 184 valence electrons. The number of ether oxygens (including phenoxy) is 1. The standard InChI is InChI=1S/C26H28F2N4O3/c1-31(2)11-4-12-35-26-20(27)14-19(15-21(26)28)22-9-10-25(34)32(30-22)16-17-7-8-18-5-3-6-24(33)29-23(18)13-17/h7-10,13-15H,3-6,11-12,16H2,1-2H3,(H,29,33). The summed E-state index contributed by atoms with van der Waals surface area (Å²) in [6.07, 6.45) is 2.69. The Bertz CT molecular complexity index is 1270. The smallest absolute Gasteiger partial charge is 0.267 e. The largest absolute Gasteiger partial charge is 0.488 e. The van der Waals surface area contributed by atoms with Crippen LogP contribution in [0, 0.1) is 11.6 Å². The first-order chi connectivity index (χ1) is 16.8. The molecule has 2 aromatic carbocycles. The molecule has 0 fully saturated rings. The number of aryl methyl sites for hydroxylation is 1. The highest BCUT2D eigenvalue weighted by Gasteiger charge is 2.16. The minimum absolute atomic E-state index is 0.0348. The average molecular weight is 483 g/mol. The molecule has 1 aromatic heterocycles. The van der Waals surface area contributed by atoms with Crippen molar-refractivity contribution in [2.75, 3.05) is 32.6 Å². The molecule has 0 bridgehead atoms. The van der Waals surface area contributed by atoms with E-state index in [0.717, 1.165) is 48.3 Å². The van der Waals surface area contributed by atoms with Crippen LogP contribution in [-0.2, 0) is 17.8 Å². The van der Waals surface area contributed by atoms with Crippen LogP contribution < -0.4 is 15.6 Å². The quantitative estimate of drug-likeness (QED) is 0.494. The molecule has 4 rings (SSSR count). The molecular weight excluding hydrogens is 454 g/mol. The minimum Gasteiger partial charge on any atom is -0.488 e. The number of amides is 1. The van der Waals surface area contributed by atoms with Gasteiger partial charge in [-0.1, -0.05) is 12.1 Å². The highest BCUT2D eigenvalue weighted by Crippen LogP contribution is 2.28. The summed E-state index contributed by atoms with van der Waals surface area (Å²) in [5.74, 6) is -2.11. The molecule has 0 unspecified atom stereocenters. The van der Waals surface area contributed by atoms with Gasteiger partial charge < -0.3 is 15.0 Å². The van der Waals surface area contributed by atoms with Crippen LogP contribution >= 0.6 is 0 Å². The first-order valence-electron chi connectivity index (χ1n) is 11.6. The molecule has 1 aliphatic heterocycles. The summed E-state index contributed by atoms with van der Waals surface area (Å²) in [6, 6.07) is 10.7. The van der Waals surface area contributed by atoms with Crippen LogP contribution in [0.4, 0.5) is 14.5 Å². The molecular formula is C26H28F2N4O3. The lowest BCUT2D eigenvalue weighted by molar-refractivity contribution is -0.116. The highest BCUT2D eigenvalue weighted by molar-refractivity contribution is 5.92. The van der Waals surface area contributed by atoms with Crippen LogP contribution in [0.5, 0.6) is 5.75 Å². The van der Waals surface area contributed by atoms with Crippen LogP contribution in [0.15, 0.2) is 47.3 Å². The van der Waals surface area contributed by atoms with Crippen molar-refractivity contribution in [3.8, 4) is 17.0 Å². The Morgan fingerprint density at radius 2 is 1.83 bits per heavy atom. The van der Waals surface area contributed by atoms with Gasteiger partial charge in [0.05, 0.1) is 18.8 Å². The van der Waals surface area contributed by atoms with E-state index in [9.17, 15) is 18.4 Å². The van der Waals surface area contributed by atoms with Crippen LogP contribution in [-0.4, -0.2) is 47.8 Å². The maximum absolute atomic E-state index is 14.6. The Hall–Kier alpha value is -3.59. The SMILES string of the molecule is CN(C)CCCOc1c(F)cc(-c2ccc(=O)n(Cc3ccc4c(c3)NC(=O)CCC4)n2)cc1F.